The number of nitrogens with zero attached hydrogens (tertiary/aromatic N) is 1. The fraction of sp³-hybridized carbons (Fsp3) is 0.444. The third-order valence-corrected chi connectivity index (χ3v) is 7.83. The highest BCUT2D eigenvalue weighted by molar-refractivity contribution is 5.91. The molecule has 1 aliphatic heterocycles. The van der Waals surface area contributed by atoms with Crippen LogP contribution in [-0.4, -0.2) is 53.2 Å². The van der Waals surface area contributed by atoms with Crippen molar-refractivity contribution in [2.75, 3.05) is 19.7 Å². The van der Waals surface area contributed by atoms with Crippen LogP contribution in [0.25, 0.3) is 11.1 Å². The second kappa shape index (κ2) is 8.46. The number of hydrogen-bond donors (Lipinski definition) is 2. The Balaban J connectivity index is 1.28. The highest BCUT2D eigenvalue weighted by Gasteiger charge is 2.50. The number of carboxylic acid groups (broad SMARTS) is 1. The Bertz CT molecular complexity index is 1090. The average Bonchev–Trinajstić information content (AvgIpc) is 3.55. The van der Waals surface area contributed by atoms with Gasteiger partial charge in [-0.2, -0.15) is 0 Å². The van der Waals surface area contributed by atoms with E-state index in [1.807, 2.05) is 24.3 Å². The molecule has 34 heavy (non-hydrogen) atoms. The molecule has 7 heteroatoms. The zero-order chi connectivity index (χ0) is 23.9. The lowest BCUT2D eigenvalue weighted by Gasteiger charge is -2.33. The highest BCUT2D eigenvalue weighted by atomic mass is 16.5. The van der Waals surface area contributed by atoms with Gasteiger partial charge in [0.15, 0.2) is 0 Å². The summed E-state index contributed by atoms with van der Waals surface area (Å²) in [5, 5.41) is 12.4. The number of carboxylic acids is 1. The number of hydrogen-bond acceptors (Lipinski definition) is 4. The first-order chi connectivity index (χ1) is 16.3. The first kappa shape index (κ1) is 22.4. The Kier molecular flexibility index (Phi) is 5.58. The van der Waals surface area contributed by atoms with Gasteiger partial charge in [0.1, 0.15) is 12.1 Å². The van der Waals surface area contributed by atoms with E-state index in [1.165, 1.54) is 0 Å². The van der Waals surface area contributed by atoms with Gasteiger partial charge in [-0.1, -0.05) is 61.4 Å². The second-order valence-electron chi connectivity index (χ2n) is 10.1. The number of nitrogens with one attached hydrogen (secondary N) is 1. The summed E-state index contributed by atoms with van der Waals surface area (Å²) < 4.78 is 5.70. The molecular weight excluding hydrogens is 432 g/mol. The van der Waals surface area contributed by atoms with Crippen molar-refractivity contribution in [1.82, 2.24) is 10.2 Å². The Hall–Kier alpha value is -3.35. The van der Waals surface area contributed by atoms with Crippen LogP contribution >= 0.6 is 0 Å². The van der Waals surface area contributed by atoms with Crippen LogP contribution in [0.15, 0.2) is 48.5 Å². The number of ether oxygens (including phenoxy) is 1. The number of aliphatic carboxylic acids is 1. The molecule has 3 aliphatic rings. The van der Waals surface area contributed by atoms with E-state index < -0.39 is 23.0 Å². The van der Waals surface area contributed by atoms with Crippen molar-refractivity contribution in [3.63, 3.8) is 0 Å². The zero-order valence-electron chi connectivity index (χ0n) is 19.4. The summed E-state index contributed by atoms with van der Waals surface area (Å²) >= 11 is 0. The van der Waals surface area contributed by atoms with Gasteiger partial charge in [0.25, 0.3) is 0 Å². The SMILES string of the molecule is CC1(C(=O)O)CCN(C(=O)C2(NC(=O)OCC3c4ccccc4-c4ccccc43)CCCC2)C1. The van der Waals surface area contributed by atoms with Crippen molar-refractivity contribution < 1.29 is 24.2 Å². The Morgan fingerprint density at radius 2 is 1.59 bits per heavy atom. The molecule has 178 valence electrons. The van der Waals surface area contributed by atoms with Crippen LogP contribution in [0, 0.1) is 5.41 Å². The fourth-order valence-corrected chi connectivity index (χ4v) is 5.81. The predicted octanol–water partition coefficient (Wildman–Crippen LogP) is 4.16. The maximum Gasteiger partial charge on any atom is 0.408 e. The fourth-order valence-electron chi connectivity index (χ4n) is 5.81. The third-order valence-electron chi connectivity index (χ3n) is 7.83. The van der Waals surface area contributed by atoms with Gasteiger partial charge in [0.05, 0.1) is 5.41 Å². The van der Waals surface area contributed by atoms with Gasteiger partial charge in [-0.15, -0.1) is 0 Å². The van der Waals surface area contributed by atoms with E-state index in [4.69, 9.17) is 4.74 Å². The Morgan fingerprint density at radius 1 is 1.00 bits per heavy atom. The number of amides is 2. The van der Waals surface area contributed by atoms with E-state index >= 15 is 0 Å². The van der Waals surface area contributed by atoms with Gasteiger partial charge in [-0.05, 0) is 48.4 Å². The van der Waals surface area contributed by atoms with E-state index in [2.05, 4.69) is 29.6 Å². The van der Waals surface area contributed by atoms with Crippen molar-refractivity contribution >= 4 is 18.0 Å². The summed E-state index contributed by atoms with van der Waals surface area (Å²) in [5.41, 5.74) is 2.61. The first-order valence-electron chi connectivity index (χ1n) is 12.0. The summed E-state index contributed by atoms with van der Waals surface area (Å²) in [7, 11) is 0. The van der Waals surface area contributed by atoms with Gasteiger partial charge in [0, 0.05) is 19.0 Å². The summed E-state index contributed by atoms with van der Waals surface area (Å²) in [6.07, 6.45) is 2.55. The zero-order valence-corrected chi connectivity index (χ0v) is 19.4. The average molecular weight is 463 g/mol. The smallest absolute Gasteiger partial charge is 0.408 e. The van der Waals surface area contributed by atoms with Crippen LogP contribution in [0.3, 0.4) is 0 Å². The number of alkyl carbamates (subject to hydrolysis) is 1. The number of benzene rings is 2. The van der Waals surface area contributed by atoms with Gasteiger partial charge in [-0.3, -0.25) is 9.59 Å². The first-order valence-corrected chi connectivity index (χ1v) is 12.0. The molecule has 2 aromatic carbocycles. The molecule has 1 atom stereocenters. The Morgan fingerprint density at radius 3 is 2.15 bits per heavy atom. The molecule has 2 fully saturated rings. The molecule has 2 amide bonds. The number of carbonyl (C=O) groups excluding carboxylic acids is 2. The number of rotatable bonds is 5. The lowest BCUT2D eigenvalue weighted by Crippen LogP contribution is -2.58. The van der Waals surface area contributed by atoms with E-state index in [9.17, 15) is 19.5 Å². The predicted molar refractivity (Wildman–Crippen MR) is 126 cm³/mol. The number of carbonyl (C=O) groups is 3. The third kappa shape index (κ3) is 3.73. The van der Waals surface area contributed by atoms with Crippen molar-refractivity contribution in [2.45, 2.75) is 50.5 Å². The molecule has 1 saturated carbocycles. The largest absolute Gasteiger partial charge is 0.481 e. The molecule has 1 heterocycles. The minimum Gasteiger partial charge on any atom is -0.481 e. The lowest BCUT2D eigenvalue weighted by molar-refractivity contribution is -0.147. The van der Waals surface area contributed by atoms with E-state index in [0.717, 1.165) is 35.1 Å². The second-order valence-corrected chi connectivity index (χ2v) is 10.1. The molecule has 0 bridgehead atoms. The molecule has 5 rings (SSSR count). The molecule has 1 unspecified atom stereocenters. The molecule has 2 aliphatic carbocycles. The van der Waals surface area contributed by atoms with E-state index in [1.54, 1.807) is 11.8 Å². The molecule has 0 radical (unpaired) electrons. The number of fused-ring (bicyclic) bond motifs is 3. The highest BCUT2D eigenvalue weighted by Crippen LogP contribution is 2.44. The van der Waals surface area contributed by atoms with Crippen LogP contribution in [0.5, 0.6) is 0 Å². The van der Waals surface area contributed by atoms with E-state index in [-0.39, 0.29) is 25.0 Å². The molecule has 2 N–H and O–H groups in total. The quantitative estimate of drug-likeness (QED) is 0.696. The molecular formula is C27H30N2O5. The molecule has 2 aromatic rings. The monoisotopic (exact) mass is 462 g/mol. The van der Waals surface area contributed by atoms with Crippen LogP contribution in [0.2, 0.25) is 0 Å². The van der Waals surface area contributed by atoms with Crippen LogP contribution < -0.4 is 5.32 Å². The minimum atomic E-state index is -1.02. The standard InChI is InChI=1S/C27H30N2O5/c1-26(24(31)32)14-15-29(17-26)23(30)27(12-6-7-13-27)28-25(33)34-16-22-20-10-4-2-8-18(20)19-9-3-5-11-21(19)22/h2-5,8-11,22H,6-7,12-17H2,1H3,(H,28,33)(H,31,32). The van der Waals surface area contributed by atoms with Gasteiger partial charge in [0.2, 0.25) is 5.91 Å². The molecule has 0 spiro atoms. The number of likely N-dealkylation sites (tertiary alicyclic amines) is 1. The van der Waals surface area contributed by atoms with Crippen molar-refractivity contribution in [2.24, 2.45) is 5.41 Å². The molecule has 7 nitrogen and oxygen atoms in total. The summed E-state index contributed by atoms with van der Waals surface area (Å²) in [6.45, 7) is 2.40. The molecule has 1 saturated heterocycles. The lowest BCUT2D eigenvalue weighted by atomic mass is 9.90. The maximum atomic E-state index is 13.5. The maximum absolute atomic E-state index is 13.5. The minimum absolute atomic E-state index is 0.0526. The Labute approximate surface area is 199 Å². The van der Waals surface area contributed by atoms with Crippen LogP contribution in [-0.2, 0) is 14.3 Å². The van der Waals surface area contributed by atoms with E-state index in [0.29, 0.717) is 25.8 Å². The summed E-state index contributed by atoms with van der Waals surface area (Å²) in [5.74, 6) is -1.14. The van der Waals surface area contributed by atoms with Crippen LogP contribution in [0.4, 0.5) is 4.79 Å². The van der Waals surface area contributed by atoms with Crippen molar-refractivity contribution in [3.8, 4) is 11.1 Å². The van der Waals surface area contributed by atoms with Gasteiger partial charge < -0.3 is 20.1 Å². The van der Waals surface area contributed by atoms with Gasteiger partial charge >= 0.3 is 12.1 Å². The normalized spacial score (nSPS) is 22.8. The molecule has 0 aromatic heterocycles. The summed E-state index contributed by atoms with van der Waals surface area (Å²) in [6, 6.07) is 16.3. The summed E-state index contributed by atoms with van der Waals surface area (Å²) in [4.78, 5) is 39.6. The van der Waals surface area contributed by atoms with Crippen molar-refractivity contribution in [1.29, 1.82) is 0 Å². The van der Waals surface area contributed by atoms with Gasteiger partial charge in [-0.25, -0.2) is 4.79 Å². The van der Waals surface area contributed by atoms with Crippen molar-refractivity contribution in [3.05, 3.63) is 59.7 Å². The van der Waals surface area contributed by atoms with Crippen LogP contribution in [0.1, 0.15) is 56.1 Å². The topological polar surface area (TPSA) is 95.9 Å².